The number of amides is 5. The lowest BCUT2D eigenvalue weighted by Crippen LogP contribution is -2.58. The Morgan fingerprint density at radius 2 is 1.54 bits per heavy atom. The fourth-order valence-electron chi connectivity index (χ4n) is 5.41. The number of carboxylic acids is 1. The molecule has 3 unspecified atom stereocenters. The summed E-state index contributed by atoms with van der Waals surface area (Å²) in [5.74, 6) is -1.88. The molecule has 0 aromatic heterocycles. The maximum absolute atomic E-state index is 13.5. The van der Waals surface area contributed by atoms with E-state index in [9.17, 15) is 29.1 Å². The topological polar surface area (TPSA) is 201 Å². The summed E-state index contributed by atoms with van der Waals surface area (Å²) in [7, 11) is 0. The first-order valence-corrected chi connectivity index (χ1v) is 16.6. The fraction of sp³-hybridized carbons (Fsp3) is 0.667. The van der Waals surface area contributed by atoms with Crippen molar-refractivity contribution in [1.29, 1.82) is 0 Å². The third kappa shape index (κ3) is 14.5. The van der Waals surface area contributed by atoms with Gasteiger partial charge in [-0.05, 0) is 75.3 Å². The van der Waals surface area contributed by atoms with Gasteiger partial charge in [0.15, 0.2) is 0 Å². The SMILES string of the molecule is CC(C)C(NC(=O)[C@@H](CCCCNC(=O)OCc1ccccc1)NC(=O)N[C@@H](CCCCN)C(=O)O)C(=O)NC1CCCCC1C. The number of benzene rings is 1. The zero-order valence-electron chi connectivity index (χ0n) is 27.5. The van der Waals surface area contributed by atoms with Crippen molar-refractivity contribution >= 4 is 29.9 Å². The Labute approximate surface area is 272 Å². The van der Waals surface area contributed by atoms with Crippen LogP contribution in [0.1, 0.15) is 90.5 Å². The Morgan fingerprint density at radius 1 is 0.891 bits per heavy atom. The Kier molecular flexibility index (Phi) is 17.5. The van der Waals surface area contributed by atoms with Crippen LogP contribution in [0.25, 0.3) is 0 Å². The van der Waals surface area contributed by atoms with Crippen LogP contribution < -0.4 is 32.3 Å². The molecule has 1 aliphatic carbocycles. The van der Waals surface area contributed by atoms with Gasteiger partial charge in [0.05, 0.1) is 0 Å². The molecule has 1 saturated carbocycles. The van der Waals surface area contributed by atoms with Crippen LogP contribution in [0.15, 0.2) is 30.3 Å². The second-order valence-electron chi connectivity index (χ2n) is 12.4. The summed E-state index contributed by atoms with van der Waals surface area (Å²) in [6, 6.07) is 5.51. The number of nitrogens with one attached hydrogen (secondary N) is 5. The van der Waals surface area contributed by atoms with Crippen molar-refractivity contribution in [3.8, 4) is 0 Å². The summed E-state index contributed by atoms with van der Waals surface area (Å²) < 4.78 is 5.22. The molecule has 8 N–H and O–H groups in total. The highest BCUT2D eigenvalue weighted by atomic mass is 16.5. The summed E-state index contributed by atoms with van der Waals surface area (Å²) in [5.41, 5.74) is 6.37. The van der Waals surface area contributed by atoms with E-state index < -0.39 is 42.1 Å². The van der Waals surface area contributed by atoms with Crippen LogP contribution >= 0.6 is 0 Å². The molecule has 13 nitrogen and oxygen atoms in total. The van der Waals surface area contributed by atoms with Gasteiger partial charge >= 0.3 is 18.1 Å². The standard InChI is InChI=1S/C33H54N6O7/c1-22(2)28(30(41)36-25-16-8-7-13-23(25)3)39-29(40)26(37-32(44)38-27(31(42)43)18-9-11-19-34)17-10-12-20-35-33(45)46-21-24-14-5-4-6-15-24/h4-6,14-15,22-23,25-28H,7-13,16-21,34H2,1-3H3,(H,35,45)(H,36,41)(H,39,40)(H,42,43)(H2,37,38,44)/t23?,25?,26-,27+,28?/m1/s1. The minimum Gasteiger partial charge on any atom is -0.480 e. The summed E-state index contributed by atoms with van der Waals surface area (Å²) in [4.78, 5) is 63.5. The highest BCUT2D eigenvalue weighted by molar-refractivity contribution is 5.92. The van der Waals surface area contributed by atoms with E-state index in [2.05, 4.69) is 33.5 Å². The van der Waals surface area contributed by atoms with E-state index in [0.29, 0.717) is 38.1 Å². The third-order valence-corrected chi connectivity index (χ3v) is 8.26. The Bertz CT molecular complexity index is 1100. The summed E-state index contributed by atoms with van der Waals surface area (Å²) in [6.45, 7) is 6.62. The van der Waals surface area contributed by atoms with Crippen molar-refractivity contribution in [2.24, 2.45) is 17.6 Å². The molecule has 0 spiro atoms. The number of carbonyl (C=O) groups is 5. The van der Waals surface area contributed by atoms with Crippen molar-refractivity contribution < 1.29 is 33.8 Å². The molecule has 2 rings (SSSR count). The van der Waals surface area contributed by atoms with Gasteiger partial charge in [0, 0.05) is 12.6 Å². The summed E-state index contributed by atoms with van der Waals surface area (Å²) >= 11 is 0. The van der Waals surface area contributed by atoms with Crippen LogP contribution in [0.5, 0.6) is 0 Å². The molecule has 0 radical (unpaired) electrons. The predicted molar refractivity (Wildman–Crippen MR) is 175 cm³/mol. The lowest BCUT2D eigenvalue weighted by molar-refractivity contribution is -0.139. The van der Waals surface area contributed by atoms with Crippen molar-refractivity contribution in [3.05, 3.63) is 35.9 Å². The molecule has 0 heterocycles. The predicted octanol–water partition coefficient (Wildman–Crippen LogP) is 3.17. The largest absolute Gasteiger partial charge is 0.480 e. The highest BCUT2D eigenvalue weighted by Gasteiger charge is 2.32. The van der Waals surface area contributed by atoms with Gasteiger partial charge in [-0.15, -0.1) is 0 Å². The van der Waals surface area contributed by atoms with E-state index in [0.717, 1.165) is 31.2 Å². The molecule has 13 heteroatoms. The van der Waals surface area contributed by atoms with Gasteiger partial charge in [0.25, 0.3) is 0 Å². The van der Waals surface area contributed by atoms with Crippen molar-refractivity contribution in [1.82, 2.24) is 26.6 Å². The lowest BCUT2D eigenvalue weighted by Gasteiger charge is -2.32. The first-order valence-electron chi connectivity index (χ1n) is 16.6. The molecule has 0 bridgehead atoms. The van der Waals surface area contributed by atoms with Gasteiger partial charge in [0.1, 0.15) is 24.7 Å². The second kappa shape index (κ2) is 21.0. The van der Waals surface area contributed by atoms with E-state index in [1.165, 1.54) is 0 Å². The van der Waals surface area contributed by atoms with Crippen LogP contribution in [0.2, 0.25) is 0 Å². The molecule has 0 aliphatic heterocycles. The monoisotopic (exact) mass is 646 g/mol. The number of alkyl carbamates (subject to hydrolysis) is 1. The van der Waals surface area contributed by atoms with Gasteiger partial charge in [-0.3, -0.25) is 9.59 Å². The molecule has 5 amide bonds. The molecule has 258 valence electrons. The zero-order valence-corrected chi connectivity index (χ0v) is 27.5. The normalized spacial score (nSPS) is 18.0. The summed E-state index contributed by atoms with van der Waals surface area (Å²) in [6.07, 6.45) is 5.97. The van der Waals surface area contributed by atoms with Crippen LogP contribution in [-0.2, 0) is 25.7 Å². The van der Waals surface area contributed by atoms with Gasteiger partial charge in [-0.1, -0.05) is 63.9 Å². The average Bonchev–Trinajstić information content (AvgIpc) is 3.02. The van der Waals surface area contributed by atoms with Gasteiger partial charge in [-0.25, -0.2) is 14.4 Å². The van der Waals surface area contributed by atoms with Crippen LogP contribution in [0, 0.1) is 11.8 Å². The molecule has 46 heavy (non-hydrogen) atoms. The number of hydrogen-bond acceptors (Lipinski definition) is 7. The number of hydrogen-bond donors (Lipinski definition) is 7. The first kappa shape index (κ1) is 38.3. The number of unbranched alkanes of at least 4 members (excludes halogenated alkanes) is 2. The molecular formula is C33H54N6O7. The zero-order chi connectivity index (χ0) is 33.9. The van der Waals surface area contributed by atoms with Gasteiger partial charge in [0.2, 0.25) is 11.8 Å². The molecule has 1 fully saturated rings. The van der Waals surface area contributed by atoms with E-state index in [-0.39, 0.29) is 43.9 Å². The quantitative estimate of drug-likeness (QED) is 0.111. The molecule has 1 aromatic carbocycles. The van der Waals surface area contributed by atoms with Crippen LogP contribution in [-0.4, -0.2) is 72.3 Å². The van der Waals surface area contributed by atoms with Gasteiger partial charge < -0.3 is 42.2 Å². The van der Waals surface area contributed by atoms with E-state index in [1.54, 1.807) is 0 Å². The lowest BCUT2D eigenvalue weighted by atomic mass is 9.85. The minimum absolute atomic E-state index is 0.0400. The van der Waals surface area contributed by atoms with Crippen LogP contribution in [0.4, 0.5) is 9.59 Å². The number of carboxylic acid groups (broad SMARTS) is 1. The third-order valence-electron chi connectivity index (χ3n) is 8.26. The minimum atomic E-state index is -1.19. The van der Waals surface area contributed by atoms with Crippen molar-refractivity contribution in [3.63, 3.8) is 0 Å². The van der Waals surface area contributed by atoms with E-state index in [1.807, 2.05) is 44.2 Å². The Balaban J connectivity index is 1.99. The van der Waals surface area contributed by atoms with Crippen molar-refractivity contribution in [2.75, 3.05) is 13.1 Å². The Morgan fingerprint density at radius 3 is 2.20 bits per heavy atom. The van der Waals surface area contributed by atoms with Gasteiger partial charge in [-0.2, -0.15) is 0 Å². The molecule has 5 atom stereocenters. The van der Waals surface area contributed by atoms with Crippen LogP contribution in [0.3, 0.4) is 0 Å². The average molecular weight is 647 g/mol. The number of carbonyl (C=O) groups excluding carboxylic acids is 4. The maximum Gasteiger partial charge on any atom is 0.407 e. The molecule has 0 saturated heterocycles. The molecule has 1 aliphatic rings. The smallest absolute Gasteiger partial charge is 0.407 e. The number of rotatable bonds is 19. The number of aliphatic carboxylic acids is 1. The van der Waals surface area contributed by atoms with E-state index in [4.69, 9.17) is 10.5 Å². The number of nitrogens with two attached hydrogens (primary N) is 1. The maximum atomic E-state index is 13.5. The number of ether oxygens (including phenoxy) is 1. The van der Waals surface area contributed by atoms with E-state index >= 15 is 0 Å². The van der Waals surface area contributed by atoms with Crippen molar-refractivity contribution in [2.45, 2.75) is 116 Å². The second-order valence-corrected chi connectivity index (χ2v) is 12.4. The highest BCUT2D eigenvalue weighted by Crippen LogP contribution is 2.24. The molecule has 1 aromatic rings. The Hall–Kier alpha value is -3.87. The number of urea groups is 1. The fourth-order valence-corrected chi connectivity index (χ4v) is 5.41. The summed E-state index contributed by atoms with van der Waals surface area (Å²) in [5, 5.41) is 23.2. The first-order chi connectivity index (χ1) is 22.0. The molecular weight excluding hydrogens is 592 g/mol.